The molecule has 0 radical (unpaired) electrons. The van der Waals surface area contributed by atoms with E-state index in [0.717, 1.165) is 9.47 Å². The van der Waals surface area contributed by atoms with Gasteiger partial charge in [0.1, 0.15) is 23.0 Å². The number of nitrogens with one attached hydrogen (secondary N) is 2. The number of aliphatic hydroxyl groups is 1. The number of fused-ring (bicyclic) bond motifs is 1. The number of hydrogen-bond donors (Lipinski definition) is 3. The van der Waals surface area contributed by atoms with Crippen LogP contribution in [0.4, 0.5) is 20.3 Å². The number of anilines is 2. The van der Waals surface area contributed by atoms with Gasteiger partial charge < -0.3 is 30.1 Å². The van der Waals surface area contributed by atoms with Crippen LogP contribution >= 0.6 is 11.8 Å². The maximum Gasteiger partial charge on any atom is 0.397 e. The predicted molar refractivity (Wildman–Crippen MR) is 134 cm³/mol. The summed E-state index contributed by atoms with van der Waals surface area (Å²) in [6.07, 6.45) is -2.58. The van der Waals surface area contributed by atoms with Gasteiger partial charge in [0.25, 0.3) is 11.9 Å². The highest BCUT2D eigenvalue weighted by Gasteiger charge is 2.38. The molecule has 0 bridgehead atoms. The molecule has 10 nitrogen and oxygen atoms in total. The quantitative estimate of drug-likeness (QED) is 0.431. The van der Waals surface area contributed by atoms with Crippen LogP contribution in [0.3, 0.4) is 0 Å². The number of alkyl halides is 2. The summed E-state index contributed by atoms with van der Waals surface area (Å²) in [6.45, 7) is 3.52. The molecule has 2 aromatic rings. The molecule has 4 rings (SSSR count). The fourth-order valence-electron chi connectivity index (χ4n) is 3.95. The van der Waals surface area contributed by atoms with Gasteiger partial charge in [-0.3, -0.25) is 13.9 Å². The average molecular weight is 526 g/mol. The highest BCUT2D eigenvalue weighted by Crippen LogP contribution is 2.35. The normalized spacial score (nSPS) is 18.9. The van der Waals surface area contributed by atoms with Crippen molar-refractivity contribution in [2.45, 2.75) is 51.1 Å². The number of rotatable bonds is 10. The van der Waals surface area contributed by atoms with E-state index in [1.54, 1.807) is 29.8 Å². The van der Waals surface area contributed by atoms with Crippen LogP contribution in [0.15, 0.2) is 45.0 Å². The van der Waals surface area contributed by atoms with Gasteiger partial charge in [0.05, 0.1) is 11.9 Å². The van der Waals surface area contributed by atoms with Crippen molar-refractivity contribution in [1.29, 1.82) is 0 Å². The third-order valence-corrected chi connectivity index (χ3v) is 6.85. The van der Waals surface area contributed by atoms with Crippen molar-refractivity contribution in [2.75, 3.05) is 23.4 Å². The second-order valence-corrected chi connectivity index (χ2v) is 9.88. The predicted octanol–water partition coefficient (Wildman–Crippen LogP) is 2.43. The number of allylic oxidation sites excluding steroid dienone is 1. The van der Waals surface area contributed by atoms with E-state index in [9.17, 15) is 23.5 Å². The number of thioether (sulfide) groups is 1. The molecule has 0 aliphatic carbocycles. The lowest BCUT2D eigenvalue weighted by Crippen LogP contribution is -2.47. The second kappa shape index (κ2) is 10.4. The molecule has 0 saturated heterocycles. The second-order valence-electron chi connectivity index (χ2n) is 8.44. The van der Waals surface area contributed by atoms with Gasteiger partial charge in [0.2, 0.25) is 0 Å². The van der Waals surface area contributed by atoms with Crippen molar-refractivity contribution < 1.29 is 23.4 Å². The zero-order valence-corrected chi connectivity index (χ0v) is 21.0. The molecule has 1 aromatic carbocycles. The van der Waals surface area contributed by atoms with Crippen LogP contribution in [0.5, 0.6) is 11.5 Å². The maximum atomic E-state index is 13.7. The van der Waals surface area contributed by atoms with E-state index >= 15 is 0 Å². The molecule has 2 aliphatic rings. The monoisotopic (exact) mass is 525 g/mol. The lowest BCUT2D eigenvalue weighted by molar-refractivity contribution is -0.177. The Bertz CT molecular complexity index is 1260. The summed E-state index contributed by atoms with van der Waals surface area (Å²) >= 11 is 1.59. The summed E-state index contributed by atoms with van der Waals surface area (Å²) in [6, 6.07) is 5.87. The number of benzene rings is 1. The minimum Gasteiger partial charge on any atom is -0.452 e. The minimum absolute atomic E-state index is 0.0620. The number of ether oxygens (including phenoxy) is 2. The first kappa shape index (κ1) is 25.9. The Morgan fingerprint density at radius 2 is 2.00 bits per heavy atom. The first-order chi connectivity index (χ1) is 17.1. The van der Waals surface area contributed by atoms with Crippen molar-refractivity contribution in [1.82, 2.24) is 14.5 Å². The molecule has 0 spiro atoms. The average Bonchev–Trinajstić information content (AvgIpc) is 3.41. The molecule has 196 valence electrons. The Kier molecular flexibility index (Phi) is 7.50. The molecular weight excluding hydrogens is 496 g/mol. The topological polar surface area (TPSA) is 110 Å². The maximum absolute atomic E-state index is 13.7. The number of nitrogens with zero attached hydrogens (tertiary/aromatic N) is 3. The van der Waals surface area contributed by atoms with Crippen molar-refractivity contribution in [3.8, 4) is 11.5 Å². The molecule has 0 amide bonds. The van der Waals surface area contributed by atoms with Gasteiger partial charge >= 0.3 is 11.8 Å². The molecule has 2 atom stereocenters. The Morgan fingerprint density at radius 3 is 2.67 bits per heavy atom. The number of aromatic nitrogens is 2. The Hall–Kier alpha value is -3.19. The summed E-state index contributed by atoms with van der Waals surface area (Å²) in [5, 5.41) is 15.5. The standard InChI is InChI=1S/C23H29F2N5O5S/c1-4-23(24,25)35-16-8-5-7-15(11-16)34-21-27-19-18(30(21)13-17-26-12-14(2)36-17)20(32)29(9-6-10-31)22(33)28(19)3/h5,7-8,11-12,17,21,26-27,31H,4,6,9-10,13H2,1-3H3. The molecule has 3 heterocycles. The molecule has 1 aromatic heterocycles. The van der Waals surface area contributed by atoms with Gasteiger partial charge in [-0.1, -0.05) is 13.0 Å². The highest BCUT2D eigenvalue weighted by atomic mass is 32.2. The van der Waals surface area contributed by atoms with Crippen LogP contribution in [-0.4, -0.2) is 45.2 Å². The van der Waals surface area contributed by atoms with Crippen LogP contribution < -0.4 is 36.3 Å². The van der Waals surface area contributed by atoms with E-state index in [1.807, 2.05) is 13.1 Å². The van der Waals surface area contributed by atoms with E-state index in [-0.39, 0.29) is 48.0 Å². The fourth-order valence-corrected chi connectivity index (χ4v) is 4.91. The van der Waals surface area contributed by atoms with Crippen LogP contribution in [0.25, 0.3) is 0 Å². The molecule has 0 saturated carbocycles. The van der Waals surface area contributed by atoms with Crippen molar-refractivity contribution >= 4 is 23.3 Å². The first-order valence-corrected chi connectivity index (χ1v) is 12.4. The van der Waals surface area contributed by atoms with E-state index in [4.69, 9.17) is 9.47 Å². The van der Waals surface area contributed by atoms with Gasteiger partial charge in [-0.25, -0.2) is 4.79 Å². The van der Waals surface area contributed by atoms with E-state index < -0.39 is 30.1 Å². The summed E-state index contributed by atoms with van der Waals surface area (Å²) in [5.41, 5.74) is -0.784. The van der Waals surface area contributed by atoms with Gasteiger partial charge in [0, 0.05) is 38.9 Å². The van der Waals surface area contributed by atoms with Crippen LogP contribution in [0, 0.1) is 0 Å². The van der Waals surface area contributed by atoms with Crippen LogP contribution in [-0.2, 0) is 13.6 Å². The summed E-state index contributed by atoms with van der Waals surface area (Å²) < 4.78 is 40.8. The lowest BCUT2D eigenvalue weighted by Gasteiger charge is -2.29. The van der Waals surface area contributed by atoms with E-state index in [1.165, 1.54) is 29.7 Å². The Morgan fingerprint density at radius 1 is 1.25 bits per heavy atom. The van der Waals surface area contributed by atoms with E-state index in [2.05, 4.69) is 10.6 Å². The van der Waals surface area contributed by atoms with Crippen LogP contribution in [0.2, 0.25) is 0 Å². The van der Waals surface area contributed by atoms with Gasteiger partial charge in [-0.05, 0) is 30.4 Å². The van der Waals surface area contributed by atoms with Crippen molar-refractivity contribution in [3.63, 3.8) is 0 Å². The van der Waals surface area contributed by atoms with Gasteiger partial charge in [-0.15, -0.1) is 11.8 Å². The minimum atomic E-state index is -3.32. The first-order valence-electron chi connectivity index (χ1n) is 11.5. The molecular formula is C23H29F2N5O5S. The summed E-state index contributed by atoms with van der Waals surface area (Å²) in [5.74, 6) is 0.461. The zero-order chi connectivity index (χ0) is 26.0. The zero-order valence-electron chi connectivity index (χ0n) is 20.2. The van der Waals surface area contributed by atoms with Gasteiger partial charge in [0.15, 0.2) is 0 Å². The molecule has 0 fully saturated rings. The number of halogens is 2. The molecule has 2 aliphatic heterocycles. The number of hydrogen-bond acceptors (Lipinski definition) is 9. The Balaban J connectivity index is 1.68. The van der Waals surface area contributed by atoms with E-state index in [0.29, 0.717) is 6.54 Å². The highest BCUT2D eigenvalue weighted by molar-refractivity contribution is 8.03. The molecule has 36 heavy (non-hydrogen) atoms. The molecule has 13 heteroatoms. The smallest absolute Gasteiger partial charge is 0.397 e. The third-order valence-electron chi connectivity index (χ3n) is 5.79. The largest absolute Gasteiger partial charge is 0.452 e. The van der Waals surface area contributed by atoms with Gasteiger partial charge in [-0.2, -0.15) is 8.78 Å². The lowest BCUT2D eigenvalue weighted by atomic mass is 10.3. The molecule has 2 unspecified atom stereocenters. The Labute approximate surface area is 210 Å². The van der Waals surface area contributed by atoms with Crippen molar-refractivity contribution in [3.05, 3.63) is 56.2 Å². The number of aliphatic hydroxyl groups excluding tert-OH is 1. The summed E-state index contributed by atoms with van der Waals surface area (Å²) in [4.78, 5) is 29.1. The third kappa shape index (κ3) is 5.31. The SMILES string of the molecule is CCC(F)(F)Oc1cccc(OC2Nc3c(c(=O)n(CCCO)c(=O)n3C)N2CC2NC=C(C)S2)c1. The molecule has 3 N–H and O–H groups in total. The van der Waals surface area contributed by atoms with Crippen molar-refractivity contribution in [2.24, 2.45) is 7.05 Å². The summed E-state index contributed by atoms with van der Waals surface area (Å²) in [7, 11) is 1.54. The van der Waals surface area contributed by atoms with Crippen LogP contribution in [0.1, 0.15) is 26.7 Å². The fraction of sp³-hybridized carbons (Fsp3) is 0.478.